The summed E-state index contributed by atoms with van der Waals surface area (Å²) in [5, 5.41) is 10.9. The number of hydrogen-bond acceptors (Lipinski definition) is 2. The van der Waals surface area contributed by atoms with Crippen molar-refractivity contribution >= 4 is 27.5 Å². The van der Waals surface area contributed by atoms with Crippen molar-refractivity contribution in [1.82, 2.24) is 4.90 Å². The van der Waals surface area contributed by atoms with Crippen LogP contribution in [0.2, 0.25) is 5.02 Å². The lowest BCUT2D eigenvalue weighted by Gasteiger charge is -2.20. The normalized spacial score (nSPS) is 12.6. The molecule has 0 amide bonds. The lowest BCUT2D eigenvalue weighted by molar-refractivity contribution is 0.147. The lowest BCUT2D eigenvalue weighted by Crippen LogP contribution is -2.21. The minimum atomic E-state index is -0.527. The van der Waals surface area contributed by atoms with Gasteiger partial charge in [0, 0.05) is 22.6 Å². The Morgan fingerprint density at radius 1 is 1.14 bits per heavy atom. The molecule has 2 nitrogen and oxygen atoms in total. The highest BCUT2D eigenvalue weighted by atomic mass is 79.9. The molecule has 4 heteroatoms. The molecule has 0 aromatic heterocycles. The maximum atomic E-state index is 10.3. The second-order valence-corrected chi connectivity index (χ2v) is 6.42. The molecule has 1 atom stereocenters. The van der Waals surface area contributed by atoms with Crippen LogP contribution in [-0.4, -0.2) is 23.6 Å². The summed E-state index contributed by atoms with van der Waals surface area (Å²) in [4.78, 5) is 2.19. The van der Waals surface area contributed by atoms with E-state index >= 15 is 0 Å². The number of benzene rings is 2. The summed E-state index contributed by atoms with van der Waals surface area (Å²) >= 11 is 9.66. The Bertz CT molecular complexity index is 591. The molecule has 0 saturated heterocycles. The Labute approximate surface area is 139 Å². The molecular formula is C17H19BrClNO. The zero-order chi connectivity index (χ0) is 15.2. The van der Waals surface area contributed by atoms with Crippen LogP contribution in [0.15, 0.2) is 53.0 Å². The number of hydrogen-bond donors (Lipinski definition) is 1. The van der Waals surface area contributed by atoms with Gasteiger partial charge in [0.2, 0.25) is 0 Å². The van der Waals surface area contributed by atoms with Crippen molar-refractivity contribution in [2.75, 3.05) is 13.6 Å². The fraction of sp³-hybridized carbons (Fsp3) is 0.294. The molecule has 0 fully saturated rings. The van der Waals surface area contributed by atoms with Crippen molar-refractivity contribution in [3.63, 3.8) is 0 Å². The van der Waals surface area contributed by atoms with Gasteiger partial charge in [0.1, 0.15) is 0 Å². The lowest BCUT2D eigenvalue weighted by atomic mass is 10.1. The Morgan fingerprint density at radius 3 is 2.52 bits per heavy atom. The van der Waals surface area contributed by atoms with Crippen LogP contribution in [0, 0.1) is 0 Å². The molecule has 0 aliphatic rings. The van der Waals surface area contributed by atoms with Crippen LogP contribution >= 0.6 is 27.5 Å². The molecule has 0 spiro atoms. The molecule has 2 aromatic rings. The first kappa shape index (κ1) is 16.5. The van der Waals surface area contributed by atoms with Gasteiger partial charge in [-0.2, -0.15) is 0 Å². The zero-order valence-corrected chi connectivity index (χ0v) is 14.3. The smallest absolute Gasteiger partial charge is 0.0816 e. The van der Waals surface area contributed by atoms with E-state index in [2.05, 4.69) is 33.9 Å². The van der Waals surface area contributed by atoms with Crippen LogP contribution in [0.4, 0.5) is 0 Å². The number of aliphatic hydroxyl groups excluding tert-OH is 1. The van der Waals surface area contributed by atoms with Crippen molar-refractivity contribution in [3.8, 4) is 0 Å². The van der Waals surface area contributed by atoms with E-state index in [0.29, 0.717) is 11.4 Å². The summed E-state index contributed by atoms with van der Waals surface area (Å²) in [6.45, 7) is 1.64. The van der Waals surface area contributed by atoms with Crippen LogP contribution in [0.1, 0.15) is 23.7 Å². The summed E-state index contributed by atoms with van der Waals surface area (Å²) in [7, 11) is 2.05. The van der Waals surface area contributed by atoms with E-state index < -0.39 is 6.10 Å². The minimum absolute atomic E-state index is 0.527. The topological polar surface area (TPSA) is 23.5 Å². The van der Waals surface area contributed by atoms with Crippen LogP contribution in [-0.2, 0) is 6.54 Å². The van der Waals surface area contributed by atoms with Crippen LogP contribution < -0.4 is 0 Å². The summed E-state index contributed by atoms with van der Waals surface area (Å²) in [5.41, 5.74) is 2.04. The van der Waals surface area contributed by atoms with E-state index in [4.69, 9.17) is 11.6 Å². The van der Waals surface area contributed by atoms with Crippen LogP contribution in [0.5, 0.6) is 0 Å². The maximum absolute atomic E-state index is 10.3. The molecule has 0 heterocycles. The van der Waals surface area contributed by atoms with Gasteiger partial charge < -0.3 is 10.0 Å². The molecule has 0 saturated carbocycles. The predicted octanol–water partition coefficient (Wildman–Crippen LogP) is 4.66. The van der Waals surface area contributed by atoms with Gasteiger partial charge in [0.15, 0.2) is 0 Å². The Balaban J connectivity index is 1.88. The van der Waals surface area contributed by atoms with E-state index in [0.717, 1.165) is 23.1 Å². The summed E-state index contributed by atoms with van der Waals surface area (Å²) in [5.74, 6) is 0. The van der Waals surface area contributed by atoms with Crippen LogP contribution in [0.3, 0.4) is 0 Å². The second-order valence-electron chi connectivity index (χ2n) is 5.16. The first-order valence-electron chi connectivity index (χ1n) is 6.92. The minimum Gasteiger partial charge on any atom is -0.388 e. The van der Waals surface area contributed by atoms with Crippen molar-refractivity contribution in [2.45, 2.75) is 19.1 Å². The Hall–Kier alpha value is -0.870. The van der Waals surface area contributed by atoms with Crippen molar-refractivity contribution in [2.24, 2.45) is 0 Å². The average Bonchev–Trinajstić information content (AvgIpc) is 2.48. The summed E-state index contributed by atoms with van der Waals surface area (Å²) < 4.78 is 1.11. The highest BCUT2D eigenvalue weighted by Crippen LogP contribution is 2.25. The number of halogens is 2. The van der Waals surface area contributed by atoms with E-state index in [1.807, 2.05) is 42.5 Å². The number of aliphatic hydroxyl groups is 1. The highest BCUT2D eigenvalue weighted by molar-refractivity contribution is 9.10. The SMILES string of the molecule is CN(CCC(O)c1ccccc1Cl)Cc1ccccc1Br. The third-order valence-corrected chi connectivity index (χ3v) is 4.56. The van der Waals surface area contributed by atoms with Gasteiger partial charge in [0.25, 0.3) is 0 Å². The van der Waals surface area contributed by atoms with Crippen LogP contribution in [0.25, 0.3) is 0 Å². The summed E-state index contributed by atoms with van der Waals surface area (Å²) in [6.07, 6.45) is 0.130. The van der Waals surface area contributed by atoms with Gasteiger partial charge in [-0.3, -0.25) is 0 Å². The van der Waals surface area contributed by atoms with Gasteiger partial charge >= 0.3 is 0 Å². The van der Waals surface area contributed by atoms with Gasteiger partial charge in [-0.05, 0) is 36.7 Å². The molecule has 2 rings (SSSR count). The largest absolute Gasteiger partial charge is 0.388 e. The fourth-order valence-corrected chi connectivity index (χ4v) is 2.91. The number of nitrogens with zero attached hydrogens (tertiary/aromatic N) is 1. The van der Waals surface area contributed by atoms with E-state index in [1.165, 1.54) is 5.56 Å². The molecule has 0 aliphatic heterocycles. The predicted molar refractivity (Wildman–Crippen MR) is 91.5 cm³/mol. The van der Waals surface area contributed by atoms with Gasteiger partial charge in [-0.1, -0.05) is 63.9 Å². The molecule has 21 heavy (non-hydrogen) atoms. The first-order valence-corrected chi connectivity index (χ1v) is 8.09. The molecule has 0 bridgehead atoms. The van der Waals surface area contributed by atoms with Crippen molar-refractivity contribution < 1.29 is 5.11 Å². The van der Waals surface area contributed by atoms with Gasteiger partial charge in [0.05, 0.1) is 6.10 Å². The third-order valence-electron chi connectivity index (χ3n) is 3.45. The first-order chi connectivity index (χ1) is 10.1. The maximum Gasteiger partial charge on any atom is 0.0816 e. The summed E-state index contributed by atoms with van der Waals surface area (Å²) in [6, 6.07) is 15.6. The second kappa shape index (κ2) is 7.95. The van der Waals surface area contributed by atoms with Gasteiger partial charge in [-0.15, -0.1) is 0 Å². The molecular weight excluding hydrogens is 350 g/mol. The molecule has 1 unspecified atom stereocenters. The Morgan fingerprint density at radius 2 is 1.81 bits per heavy atom. The molecule has 112 valence electrons. The third kappa shape index (κ3) is 4.82. The quantitative estimate of drug-likeness (QED) is 0.801. The molecule has 0 radical (unpaired) electrons. The average molecular weight is 369 g/mol. The van der Waals surface area contributed by atoms with E-state index in [1.54, 1.807) is 0 Å². The monoisotopic (exact) mass is 367 g/mol. The van der Waals surface area contributed by atoms with Crippen molar-refractivity contribution in [1.29, 1.82) is 0 Å². The van der Waals surface area contributed by atoms with E-state index in [-0.39, 0.29) is 0 Å². The Kier molecular flexibility index (Phi) is 6.24. The highest BCUT2D eigenvalue weighted by Gasteiger charge is 2.12. The fourth-order valence-electron chi connectivity index (χ4n) is 2.24. The standard InChI is InChI=1S/C17H19BrClNO/c1-20(12-13-6-2-4-8-15(13)18)11-10-17(21)14-7-3-5-9-16(14)19/h2-9,17,21H,10-12H2,1H3. The van der Waals surface area contributed by atoms with E-state index in [9.17, 15) is 5.11 Å². The number of rotatable bonds is 6. The van der Waals surface area contributed by atoms with Crippen molar-refractivity contribution in [3.05, 3.63) is 69.2 Å². The van der Waals surface area contributed by atoms with Gasteiger partial charge in [-0.25, -0.2) is 0 Å². The molecule has 2 aromatic carbocycles. The zero-order valence-electron chi connectivity index (χ0n) is 12.0. The molecule has 1 N–H and O–H groups in total. The molecule has 0 aliphatic carbocycles.